The van der Waals surface area contributed by atoms with E-state index in [0.29, 0.717) is 18.3 Å². The van der Waals surface area contributed by atoms with Crippen molar-refractivity contribution in [3.63, 3.8) is 0 Å². The molecular weight excluding hydrogens is 721 g/mol. The number of carboxylic acids is 2. The molecule has 4 fully saturated rings. The van der Waals surface area contributed by atoms with Gasteiger partial charge < -0.3 is 25.6 Å². The van der Waals surface area contributed by atoms with Crippen molar-refractivity contribution in [3.05, 3.63) is 11.6 Å². The molecule has 322 valence electrons. The molecule has 0 bridgehead atoms. The number of unbranched alkanes of at least 4 members (excludes halogenated alkanes) is 7. The van der Waals surface area contributed by atoms with Crippen LogP contribution in [-0.2, 0) is 28.7 Å². The van der Waals surface area contributed by atoms with Gasteiger partial charge in [0.15, 0.2) is 0 Å². The molecule has 2 amide bonds. The number of nitrogens with one attached hydrogen (secondary N) is 2. The van der Waals surface area contributed by atoms with Crippen LogP contribution in [0.15, 0.2) is 11.6 Å². The van der Waals surface area contributed by atoms with E-state index in [4.69, 9.17) is 14.9 Å². The highest BCUT2D eigenvalue weighted by molar-refractivity contribution is 5.84. The van der Waals surface area contributed by atoms with Gasteiger partial charge in [0.2, 0.25) is 11.8 Å². The van der Waals surface area contributed by atoms with Crippen LogP contribution in [0.4, 0.5) is 0 Å². The molecule has 0 spiro atoms. The van der Waals surface area contributed by atoms with Crippen molar-refractivity contribution < 1.29 is 38.9 Å². The third-order valence-corrected chi connectivity index (χ3v) is 16.9. The Kier molecular flexibility index (Phi) is 14.1. The number of carbonyl (C=O) groups excluding carboxylic acids is 3. The second kappa shape index (κ2) is 17.7. The van der Waals surface area contributed by atoms with Crippen molar-refractivity contribution in [1.82, 2.24) is 10.6 Å². The first-order chi connectivity index (χ1) is 26.7. The zero-order valence-corrected chi connectivity index (χ0v) is 36.5. The fourth-order valence-corrected chi connectivity index (χ4v) is 13.4. The summed E-state index contributed by atoms with van der Waals surface area (Å²) in [6.07, 6.45) is 20.9. The van der Waals surface area contributed by atoms with E-state index < -0.39 is 17.9 Å². The number of esters is 1. The number of rotatable bonds is 18. The maximum atomic E-state index is 14.5. The average molecular weight is 797 g/mol. The molecule has 8 atom stereocenters. The Morgan fingerprint density at radius 1 is 0.702 bits per heavy atom. The molecule has 0 radical (unpaired) electrons. The van der Waals surface area contributed by atoms with Crippen molar-refractivity contribution in [2.45, 2.75) is 189 Å². The summed E-state index contributed by atoms with van der Waals surface area (Å²) in [7, 11) is 0. The third-order valence-electron chi connectivity index (χ3n) is 16.9. The lowest BCUT2D eigenvalue weighted by molar-refractivity contribution is -0.213. The Labute approximate surface area is 342 Å². The van der Waals surface area contributed by atoms with E-state index in [1.807, 2.05) is 0 Å². The van der Waals surface area contributed by atoms with Crippen LogP contribution in [0.25, 0.3) is 0 Å². The fourth-order valence-electron chi connectivity index (χ4n) is 13.4. The molecule has 0 aliphatic heterocycles. The van der Waals surface area contributed by atoms with E-state index in [1.165, 1.54) is 0 Å². The monoisotopic (exact) mass is 797 g/mol. The zero-order valence-electron chi connectivity index (χ0n) is 36.5. The standard InChI is InChI=1S/C47H76N2O8/c1-42(2)25-27-47(41(56)48-29-15-13-11-9-8-10-12-14-16-37(50)49-31-39(53)54)28-26-45(6)32(33(47)30-42)17-18-35-44(5)23-22-36(57-40(55)20-19-38(51)52)43(3,4)34(44)21-24-46(35,45)7/h17,33-36H,8-16,18-31H2,1-7H3,(H,48,56)(H,49,50)(H,51,52)(H,53,54)/t33-,34-,35+,36-,44-,45+,46+,47-/m0/s1. The van der Waals surface area contributed by atoms with E-state index in [2.05, 4.69) is 65.2 Å². The van der Waals surface area contributed by atoms with Crippen molar-refractivity contribution in [2.75, 3.05) is 13.1 Å². The summed E-state index contributed by atoms with van der Waals surface area (Å²) >= 11 is 0. The first-order valence-corrected chi connectivity index (χ1v) is 22.6. The number of carboxylic acid groups (broad SMARTS) is 2. The highest BCUT2D eigenvalue weighted by Gasteiger charge is 2.69. The van der Waals surface area contributed by atoms with Crippen LogP contribution in [0.1, 0.15) is 183 Å². The number of allylic oxidation sites excluding steroid dienone is 2. The molecule has 4 N–H and O–H groups in total. The van der Waals surface area contributed by atoms with Crippen LogP contribution in [0, 0.1) is 50.2 Å². The van der Waals surface area contributed by atoms with E-state index >= 15 is 0 Å². The highest BCUT2D eigenvalue weighted by atomic mass is 16.5. The second-order valence-corrected chi connectivity index (χ2v) is 21.1. The Morgan fingerprint density at radius 2 is 1.35 bits per heavy atom. The summed E-state index contributed by atoms with van der Waals surface area (Å²) in [5, 5.41) is 23.7. The van der Waals surface area contributed by atoms with Crippen LogP contribution in [0.3, 0.4) is 0 Å². The first kappa shape index (κ1) is 45.2. The SMILES string of the molecule is CC1(C)CC[C@]2(C(=O)NCCCCCCCCCCC(=O)NCC(=O)O)CC[C@]3(C)C(=CC[C@@H]4[C@@]5(C)CC[C@H](OC(=O)CCC(=O)O)C(C)(C)[C@@H]5CC[C@]43C)[C@@H]2C1. The molecule has 4 saturated carbocycles. The van der Waals surface area contributed by atoms with Gasteiger partial charge in [-0.1, -0.05) is 98.6 Å². The van der Waals surface area contributed by atoms with Gasteiger partial charge in [-0.2, -0.15) is 0 Å². The number of carbonyl (C=O) groups is 5. The number of aliphatic carboxylic acids is 2. The summed E-state index contributed by atoms with van der Waals surface area (Å²) in [5.41, 5.74) is 1.41. The zero-order chi connectivity index (χ0) is 41.9. The summed E-state index contributed by atoms with van der Waals surface area (Å²) in [6.45, 7) is 17.4. The van der Waals surface area contributed by atoms with E-state index in [9.17, 15) is 24.0 Å². The van der Waals surface area contributed by atoms with Crippen molar-refractivity contribution in [2.24, 2.45) is 50.2 Å². The maximum absolute atomic E-state index is 14.5. The normalized spacial score (nSPS) is 34.9. The summed E-state index contributed by atoms with van der Waals surface area (Å²) in [5.74, 6) is -1.17. The summed E-state index contributed by atoms with van der Waals surface area (Å²) < 4.78 is 6.04. The number of ether oxygens (including phenoxy) is 1. The molecule has 10 heteroatoms. The van der Waals surface area contributed by atoms with Gasteiger partial charge in [0.1, 0.15) is 12.6 Å². The predicted molar refractivity (Wildman–Crippen MR) is 221 cm³/mol. The van der Waals surface area contributed by atoms with Crippen LogP contribution >= 0.6 is 0 Å². The molecule has 0 aromatic rings. The fraction of sp³-hybridized carbons (Fsp3) is 0.851. The molecule has 10 nitrogen and oxygen atoms in total. The molecule has 5 rings (SSSR count). The van der Waals surface area contributed by atoms with Gasteiger partial charge in [-0.3, -0.25) is 24.0 Å². The van der Waals surface area contributed by atoms with Gasteiger partial charge in [0.25, 0.3) is 0 Å². The molecule has 5 aliphatic carbocycles. The van der Waals surface area contributed by atoms with Gasteiger partial charge in [-0.15, -0.1) is 0 Å². The van der Waals surface area contributed by atoms with Crippen molar-refractivity contribution >= 4 is 29.7 Å². The third kappa shape index (κ3) is 9.30. The van der Waals surface area contributed by atoms with Gasteiger partial charge >= 0.3 is 17.9 Å². The van der Waals surface area contributed by atoms with E-state index in [-0.39, 0.29) is 75.7 Å². The molecule has 0 unspecified atom stereocenters. The smallest absolute Gasteiger partial charge is 0.322 e. The van der Waals surface area contributed by atoms with Gasteiger partial charge in [0, 0.05) is 18.4 Å². The van der Waals surface area contributed by atoms with Crippen LogP contribution in [0.5, 0.6) is 0 Å². The van der Waals surface area contributed by atoms with E-state index in [1.54, 1.807) is 5.57 Å². The Bertz CT molecular complexity index is 1540. The van der Waals surface area contributed by atoms with E-state index in [0.717, 1.165) is 122 Å². The largest absolute Gasteiger partial charge is 0.481 e. The molecular formula is C47H76N2O8. The Balaban J connectivity index is 1.19. The topological polar surface area (TPSA) is 159 Å². The van der Waals surface area contributed by atoms with Crippen molar-refractivity contribution in [1.29, 1.82) is 0 Å². The summed E-state index contributed by atoms with van der Waals surface area (Å²) in [4.78, 5) is 60.6. The maximum Gasteiger partial charge on any atom is 0.322 e. The van der Waals surface area contributed by atoms with Gasteiger partial charge in [0.05, 0.1) is 18.3 Å². The quantitative estimate of drug-likeness (QED) is 0.0607. The summed E-state index contributed by atoms with van der Waals surface area (Å²) in [6, 6.07) is 0. The van der Waals surface area contributed by atoms with Gasteiger partial charge in [-0.05, 0) is 116 Å². The van der Waals surface area contributed by atoms with Gasteiger partial charge in [-0.25, -0.2) is 0 Å². The minimum atomic E-state index is -1.02. The number of amides is 2. The minimum Gasteiger partial charge on any atom is -0.481 e. The van der Waals surface area contributed by atoms with Crippen LogP contribution in [0.2, 0.25) is 0 Å². The van der Waals surface area contributed by atoms with Crippen LogP contribution < -0.4 is 10.6 Å². The predicted octanol–water partition coefficient (Wildman–Crippen LogP) is 9.39. The lowest BCUT2D eigenvalue weighted by Gasteiger charge is -2.71. The molecule has 5 aliphatic rings. The number of fused-ring (bicyclic) bond motifs is 7. The average Bonchev–Trinajstić information content (AvgIpc) is 3.13. The number of hydrogen-bond acceptors (Lipinski definition) is 6. The lowest BCUT2D eigenvalue weighted by Crippen LogP contribution is -2.65. The molecule has 0 aromatic carbocycles. The van der Waals surface area contributed by atoms with Crippen molar-refractivity contribution in [3.8, 4) is 0 Å². The number of hydrogen-bond donors (Lipinski definition) is 4. The molecule has 57 heavy (non-hydrogen) atoms. The molecule has 0 heterocycles. The Hall–Kier alpha value is -2.91. The highest BCUT2D eigenvalue weighted by Crippen LogP contribution is 2.76. The molecule has 0 saturated heterocycles. The minimum absolute atomic E-state index is 0.0167. The molecule has 0 aromatic heterocycles. The second-order valence-electron chi connectivity index (χ2n) is 21.1. The Morgan fingerprint density at radius 3 is 2.02 bits per heavy atom. The first-order valence-electron chi connectivity index (χ1n) is 22.6. The van der Waals surface area contributed by atoms with Crippen LogP contribution in [-0.4, -0.2) is 59.1 Å². The lowest BCUT2D eigenvalue weighted by atomic mass is 9.33.